The van der Waals surface area contributed by atoms with E-state index < -0.39 is 29.6 Å². The van der Waals surface area contributed by atoms with E-state index in [1.165, 1.54) is 6.26 Å². The summed E-state index contributed by atoms with van der Waals surface area (Å²) in [6.45, 7) is 11.8. The molecule has 10 heteroatoms. The molecular weight excluding hydrogens is 562 g/mol. The van der Waals surface area contributed by atoms with Crippen LogP contribution >= 0.6 is 0 Å². The van der Waals surface area contributed by atoms with Gasteiger partial charge in [0.2, 0.25) is 11.8 Å². The lowest BCUT2D eigenvalue weighted by molar-refractivity contribution is -0.142. The molecule has 2 atom stereocenters. The van der Waals surface area contributed by atoms with E-state index in [9.17, 15) is 24.3 Å². The number of carbonyl (C=O) groups excluding carboxylic acids is 4. The van der Waals surface area contributed by atoms with Crippen LogP contribution in [0.4, 0.5) is 0 Å². The molecule has 1 fully saturated rings. The van der Waals surface area contributed by atoms with Gasteiger partial charge in [0.15, 0.2) is 0 Å². The number of hydrogen-bond acceptors (Lipinski definition) is 8. The van der Waals surface area contributed by atoms with E-state index in [0.717, 1.165) is 12.0 Å². The minimum Gasteiger partial charge on any atom is -0.434 e. The fourth-order valence-electron chi connectivity index (χ4n) is 4.78. The average molecular weight is 610 g/mol. The highest BCUT2D eigenvalue weighted by Gasteiger charge is 2.34. The summed E-state index contributed by atoms with van der Waals surface area (Å²) >= 11 is 0. The number of nitrogens with one attached hydrogen (secondary N) is 2. The topological polar surface area (TPSA) is 134 Å². The van der Waals surface area contributed by atoms with Crippen molar-refractivity contribution in [1.29, 1.82) is 0 Å². The smallest absolute Gasteiger partial charge is 0.313 e. The minimum absolute atomic E-state index is 0.0568. The molecule has 1 saturated heterocycles. The number of amides is 2. The molecule has 2 aliphatic rings. The summed E-state index contributed by atoms with van der Waals surface area (Å²) in [5.74, 6) is -1.48. The predicted molar refractivity (Wildman–Crippen MR) is 167 cm³/mol. The number of β-amino-alcohol motifs (C(OH)–C–C–N with tert-alkyl or cyclic N) is 1. The highest BCUT2D eigenvalue weighted by molar-refractivity contribution is 5.89. The normalized spacial score (nSPS) is 18.6. The SMILES string of the molecule is CC(C)C(=O)OC=C1CC(C(O)CNC(C)(C)CNC(=O)[C@@H]2CCCN2C(=O)Cc2ccccc2)=CC=C1OC(=O)C(C)C. The minimum atomic E-state index is -0.895. The molecule has 1 aromatic carbocycles. The first-order valence-electron chi connectivity index (χ1n) is 15.3. The molecule has 240 valence electrons. The molecule has 2 amide bonds. The molecule has 3 N–H and O–H groups in total. The van der Waals surface area contributed by atoms with Gasteiger partial charge in [-0.05, 0) is 43.9 Å². The van der Waals surface area contributed by atoms with E-state index in [1.807, 2.05) is 44.2 Å². The number of aliphatic hydroxyl groups is 1. The lowest BCUT2D eigenvalue weighted by atomic mass is 9.94. The number of esters is 2. The van der Waals surface area contributed by atoms with Gasteiger partial charge < -0.3 is 30.1 Å². The molecule has 1 aliphatic heterocycles. The zero-order chi connectivity index (χ0) is 32.4. The largest absolute Gasteiger partial charge is 0.434 e. The Balaban J connectivity index is 1.56. The van der Waals surface area contributed by atoms with Crippen LogP contribution in [0.5, 0.6) is 0 Å². The molecule has 1 unspecified atom stereocenters. The van der Waals surface area contributed by atoms with Crippen molar-refractivity contribution in [3.63, 3.8) is 0 Å². The number of likely N-dealkylation sites (tertiary alicyclic amines) is 1. The highest BCUT2D eigenvalue weighted by atomic mass is 16.5. The van der Waals surface area contributed by atoms with Crippen LogP contribution in [-0.2, 0) is 35.1 Å². The molecule has 1 aliphatic carbocycles. The summed E-state index contributed by atoms with van der Waals surface area (Å²) in [7, 11) is 0. The maximum Gasteiger partial charge on any atom is 0.313 e. The van der Waals surface area contributed by atoms with Gasteiger partial charge in [-0.2, -0.15) is 0 Å². The van der Waals surface area contributed by atoms with Crippen LogP contribution < -0.4 is 10.6 Å². The quantitative estimate of drug-likeness (QED) is 0.228. The van der Waals surface area contributed by atoms with Crippen molar-refractivity contribution >= 4 is 23.8 Å². The first-order valence-corrected chi connectivity index (χ1v) is 15.3. The lowest BCUT2D eigenvalue weighted by Gasteiger charge is -2.31. The van der Waals surface area contributed by atoms with Crippen LogP contribution in [0.15, 0.2) is 65.7 Å². The third-order valence-electron chi connectivity index (χ3n) is 7.61. The van der Waals surface area contributed by atoms with Gasteiger partial charge in [-0.3, -0.25) is 19.2 Å². The summed E-state index contributed by atoms with van der Waals surface area (Å²) < 4.78 is 10.8. The standard InChI is InChI=1S/C34H47N3O7/c1-22(2)32(41)43-20-26-18-25(14-15-29(26)44-33(42)23(3)4)28(38)19-36-34(5,6)21-35-31(40)27-13-10-16-37(27)30(39)17-24-11-8-7-9-12-24/h7-9,11-12,14-15,20,22-23,27-28,36,38H,10,13,16-19,21H2,1-6H3,(H,35,40)/t27-,28?/m0/s1. The van der Waals surface area contributed by atoms with Crippen LogP contribution in [0, 0.1) is 11.8 Å². The summed E-state index contributed by atoms with van der Waals surface area (Å²) in [6.07, 6.45) is 5.57. The van der Waals surface area contributed by atoms with Gasteiger partial charge in [0.1, 0.15) is 18.1 Å². The Bertz CT molecular complexity index is 1280. The van der Waals surface area contributed by atoms with Crippen LogP contribution in [0.2, 0.25) is 0 Å². The number of aliphatic hydroxyl groups excluding tert-OH is 1. The van der Waals surface area contributed by atoms with Gasteiger partial charge in [-0.25, -0.2) is 0 Å². The van der Waals surface area contributed by atoms with E-state index in [0.29, 0.717) is 30.7 Å². The number of ether oxygens (including phenoxy) is 2. The molecule has 0 bridgehead atoms. The van der Waals surface area contributed by atoms with Crippen LogP contribution in [0.3, 0.4) is 0 Å². The number of carbonyl (C=O) groups is 4. The Kier molecular flexibility index (Phi) is 12.5. The molecule has 44 heavy (non-hydrogen) atoms. The van der Waals surface area contributed by atoms with E-state index in [4.69, 9.17) is 9.47 Å². The van der Waals surface area contributed by atoms with Crippen molar-refractivity contribution in [2.45, 2.75) is 84.9 Å². The van der Waals surface area contributed by atoms with Crippen molar-refractivity contribution in [3.05, 3.63) is 71.2 Å². The van der Waals surface area contributed by atoms with Gasteiger partial charge in [-0.15, -0.1) is 0 Å². The van der Waals surface area contributed by atoms with E-state index in [1.54, 1.807) is 44.7 Å². The Morgan fingerprint density at radius 2 is 1.73 bits per heavy atom. The molecule has 10 nitrogen and oxygen atoms in total. The first kappa shape index (κ1) is 34.7. The summed E-state index contributed by atoms with van der Waals surface area (Å²) in [4.78, 5) is 52.0. The molecule has 0 saturated carbocycles. The van der Waals surface area contributed by atoms with Gasteiger partial charge in [0.25, 0.3) is 0 Å². The molecular formula is C34H47N3O7. The predicted octanol–water partition coefficient (Wildman–Crippen LogP) is 3.56. The first-order chi connectivity index (χ1) is 20.8. The Hall–Kier alpha value is -3.76. The van der Waals surface area contributed by atoms with Crippen molar-refractivity contribution in [3.8, 4) is 0 Å². The fraction of sp³-hybridized carbons (Fsp3) is 0.529. The number of benzene rings is 1. The third kappa shape index (κ3) is 10.2. The van der Waals surface area contributed by atoms with Crippen molar-refractivity contribution in [2.75, 3.05) is 19.6 Å². The van der Waals surface area contributed by atoms with Gasteiger partial charge in [0.05, 0.1) is 24.4 Å². The van der Waals surface area contributed by atoms with Crippen molar-refractivity contribution in [2.24, 2.45) is 11.8 Å². The zero-order valence-corrected chi connectivity index (χ0v) is 26.7. The highest BCUT2D eigenvalue weighted by Crippen LogP contribution is 2.28. The number of rotatable bonds is 13. The van der Waals surface area contributed by atoms with Crippen molar-refractivity contribution in [1.82, 2.24) is 15.5 Å². The average Bonchev–Trinajstić information content (AvgIpc) is 3.49. The van der Waals surface area contributed by atoms with Crippen LogP contribution in [-0.4, -0.2) is 71.1 Å². The molecule has 1 heterocycles. The number of hydrogen-bond donors (Lipinski definition) is 3. The Morgan fingerprint density at radius 1 is 1.05 bits per heavy atom. The second kappa shape index (κ2) is 15.8. The van der Waals surface area contributed by atoms with Crippen molar-refractivity contribution < 1.29 is 33.8 Å². The molecule has 0 radical (unpaired) electrons. The summed E-state index contributed by atoms with van der Waals surface area (Å²) in [5, 5.41) is 17.3. The van der Waals surface area contributed by atoms with Gasteiger partial charge >= 0.3 is 11.9 Å². The van der Waals surface area contributed by atoms with E-state index >= 15 is 0 Å². The Labute approximate surface area is 260 Å². The second-order valence-corrected chi connectivity index (χ2v) is 12.7. The van der Waals surface area contributed by atoms with E-state index in [2.05, 4.69) is 10.6 Å². The maximum atomic E-state index is 13.1. The van der Waals surface area contributed by atoms with Gasteiger partial charge in [0, 0.05) is 37.2 Å². The molecule has 0 aromatic heterocycles. The van der Waals surface area contributed by atoms with Crippen LogP contribution in [0.25, 0.3) is 0 Å². The third-order valence-corrected chi connectivity index (χ3v) is 7.61. The number of nitrogens with zero attached hydrogens (tertiary/aromatic N) is 1. The monoisotopic (exact) mass is 609 g/mol. The second-order valence-electron chi connectivity index (χ2n) is 12.7. The summed E-state index contributed by atoms with van der Waals surface area (Å²) in [5.41, 5.74) is 1.47. The fourth-order valence-corrected chi connectivity index (χ4v) is 4.78. The van der Waals surface area contributed by atoms with Gasteiger partial charge in [-0.1, -0.05) is 64.1 Å². The number of allylic oxidation sites excluding steroid dienone is 3. The zero-order valence-electron chi connectivity index (χ0n) is 26.7. The summed E-state index contributed by atoms with van der Waals surface area (Å²) in [6, 6.07) is 9.01. The van der Waals surface area contributed by atoms with E-state index in [-0.39, 0.29) is 48.8 Å². The lowest BCUT2D eigenvalue weighted by Crippen LogP contribution is -2.54. The molecule has 0 spiro atoms. The molecule has 1 aromatic rings. The maximum absolute atomic E-state index is 13.1. The molecule has 3 rings (SSSR count). The van der Waals surface area contributed by atoms with Crippen LogP contribution in [0.1, 0.15) is 66.4 Å². The Morgan fingerprint density at radius 3 is 2.39 bits per heavy atom.